The summed E-state index contributed by atoms with van der Waals surface area (Å²) in [5.74, 6) is 2.85. The first-order chi connectivity index (χ1) is 13.7. The third kappa shape index (κ3) is 5.77. The number of hydrogen-bond acceptors (Lipinski definition) is 4. The van der Waals surface area contributed by atoms with Crippen molar-refractivity contribution in [1.29, 1.82) is 0 Å². The zero-order chi connectivity index (χ0) is 19.8. The topological polar surface area (TPSA) is 43.3 Å². The molecule has 0 atom stereocenters. The predicted octanol–water partition coefficient (Wildman–Crippen LogP) is 2.51. The van der Waals surface area contributed by atoms with Crippen LogP contribution in [-0.2, 0) is 0 Å². The summed E-state index contributed by atoms with van der Waals surface area (Å²) in [5, 5.41) is 3.57. The largest absolute Gasteiger partial charge is 0.497 e. The Labute approximate surface area is 170 Å². The molecule has 1 N–H and O–H groups in total. The molecule has 28 heavy (non-hydrogen) atoms. The maximum Gasteiger partial charge on any atom is 0.193 e. The number of benzene rings is 1. The van der Waals surface area contributed by atoms with Crippen LogP contribution in [0.4, 0.5) is 5.69 Å². The first-order valence-electron chi connectivity index (χ1n) is 10.8. The molecule has 6 heteroatoms. The summed E-state index contributed by atoms with van der Waals surface area (Å²) < 4.78 is 5.25. The fourth-order valence-corrected chi connectivity index (χ4v) is 4.08. The molecule has 1 aromatic carbocycles. The summed E-state index contributed by atoms with van der Waals surface area (Å²) in [7, 11) is 3.61. The van der Waals surface area contributed by atoms with E-state index in [9.17, 15) is 0 Å². The molecule has 1 aromatic rings. The Hall–Kier alpha value is -1.95. The first kappa shape index (κ1) is 20.8. The summed E-state index contributed by atoms with van der Waals surface area (Å²) in [5.41, 5.74) is 1.29. The van der Waals surface area contributed by atoms with E-state index < -0.39 is 0 Å². The molecule has 6 nitrogen and oxygen atoms in total. The Morgan fingerprint density at radius 2 is 1.75 bits per heavy atom. The van der Waals surface area contributed by atoms with Crippen LogP contribution in [0.25, 0.3) is 0 Å². The number of piperazine rings is 1. The molecule has 2 aliphatic rings. The van der Waals surface area contributed by atoms with Gasteiger partial charge in [0.2, 0.25) is 0 Å². The number of hydrogen-bond donors (Lipinski definition) is 1. The van der Waals surface area contributed by atoms with Crippen molar-refractivity contribution < 1.29 is 4.74 Å². The second-order valence-electron chi connectivity index (χ2n) is 8.02. The van der Waals surface area contributed by atoms with Crippen molar-refractivity contribution in [1.82, 2.24) is 15.1 Å². The lowest BCUT2D eigenvalue weighted by atomic mass is 10.00. The monoisotopic (exact) mass is 387 g/mol. The van der Waals surface area contributed by atoms with Crippen molar-refractivity contribution in [2.24, 2.45) is 10.9 Å². The van der Waals surface area contributed by atoms with Gasteiger partial charge in [-0.2, -0.15) is 0 Å². The normalized spacial score (nSPS) is 19.8. The van der Waals surface area contributed by atoms with Crippen molar-refractivity contribution >= 4 is 11.6 Å². The van der Waals surface area contributed by atoms with Crippen LogP contribution in [0.2, 0.25) is 0 Å². The van der Waals surface area contributed by atoms with Crippen molar-refractivity contribution in [3.05, 3.63) is 24.3 Å². The molecule has 3 rings (SSSR count). The van der Waals surface area contributed by atoms with Gasteiger partial charge in [0, 0.05) is 58.5 Å². The number of nitrogens with zero attached hydrogens (tertiary/aromatic N) is 4. The molecular formula is C22H37N5O. The zero-order valence-corrected chi connectivity index (χ0v) is 17.9. The number of anilines is 1. The number of ether oxygens (including phenoxy) is 1. The van der Waals surface area contributed by atoms with Crippen LogP contribution in [0, 0.1) is 5.92 Å². The van der Waals surface area contributed by atoms with Crippen molar-refractivity contribution in [2.75, 3.05) is 71.4 Å². The lowest BCUT2D eigenvalue weighted by molar-refractivity contribution is 0.252. The van der Waals surface area contributed by atoms with Crippen LogP contribution in [0.5, 0.6) is 5.75 Å². The van der Waals surface area contributed by atoms with E-state index in [2.05, 4.69) is 44.1 Å². The lowest BCUT2D eigenvalue weighted by Crippen LogP contribution is -2.48. The molecule has 0 radical (unpaired) electrons. The van der Waals surface area contributed by atoms with E-state index in [1.54, 1.807) is 7.11 Å². The van der Waals surface area contributed by atoms with Gasteiger partial charge in [0.25, 0.3) is 0 Å². The van der Waals surface area contributed by atoms with E-state index in [-0.39, 0.29) is 0 Å². The van der Waals surface area contributed by atoms with Crippen LogP contribution in [-0.4, -0.2) is 82.3 Å². The highest BCUT2D eigenvalue weighted by Crippen LogP contribution is 2.20. The van der Waals surface area contributed by atoms with Gasteiger partial charge in [-0.05, 0) is 56.0 Å². The van der Waals surface area contributed by atoms with Crippen LogP contribution in [0.15, 0.2) is 29.3 Å². The zero-order valence-electron chi connectivity index (χ0n) is 17.9. The molecule has 2 saturated heterocycles. The minimum atomic E-state index is 0.853. The van der Waals surface area contributed by atoms with Gasteiger partial charge in [-0.1, -0.05) is 6.92 Å². The minimum absolute atomic E-state index is 0.853. The van der Waals surface area contributed by atoms with Crippen molar-refractivity contribution in [3.63, 3.8) is 0 Å². The van der Waals surface area contributed by atoms with Gasteiger partial charge in [0.1, 0.15) is 5.75 Å². The van der Waals surface area contributed by atoms with Gasteiger partial charge in [-0.3, -0.25) is 9.89 Å². The standard InChI is InChI=1S/C22H37N5O/c1-19-9-13-27(14-10-19)22(23-2)24-11-4-12-25-15-17-26(18-16-25)20-5-7-21(28-3)8-6-20/h5-8,19H,4,9-18H2,1-3H3,(H,23,24). The Kier molecular flexibility index (Phi) is 7.83. The summed E-state index contributed by atoms with van der Waals surface area (Å²) in [6.45, 7) is 11.2. The Balaban J connectivity index is 1.33. The molecule has 0 spiro atoms. The molecular weight excluding hydrogens is 350 g/mol. The average Bonchev–Trinajstić information content (AvgIpc) is 2.75. The fraction of sp³-hybridized carbons (Fsp3) is 0.682. The van der Waals surface area contributed by atoms with E-state index >= 15 is 0 Å². The SMILES string of the molecule is CN=C(NCCCN1CCN(c2ccc(OC)cc2)CC1)N1CCC(C)CC1. The fourth-order valence-electron chi connectivity index (χ4n) is 4.08. The van der Waals surface area contributed by atoms with Crippen molar-refractivity contribution in [3.8, 4) is 5.75 Å². The number of guanidine groups is 1. The molecule has 156 valence electrons. The summed E-state index contributed by atoms with van der Waals surface area (Å²) in [4.78, 5) is 11.9. The highest BCUT2D eigenvalue weighted by Gasteiger charge is 2.19. The number of aliphatic imine (C=N–C) groups is 1. The smallest absolute Gasteiger partial charge is 0.193 e. The van der Waals surface area contributed by atoms with E-state index in [4.69, 9.17) is 4.74 Å². The molecule has 0 unspecified atom stereocenters. The van der Waals surface area contributed by atoms with E-state index in [1.807, 2.05) is 19.2 Å². The number of piperidine rings is 1. The highest BCUT2D eigenvalue weighted by molar-refractivity contribution is 5.79. The Morgan fingerprint density at radius 1 is 1.07 bits per heavy atom. The molecule has 0 saturated carbocycles. The molecule has 2 aliphatic heterocycles. The van der Waals surface area contributed by atoms with E-state index in [0.29, 0.717) is 0 Å². The number of likely N-dealkylation sites (tertiary alicyclic amines) is 1. The number of methoxy groups -OCH3 is 1. The predicted molar refractivity (Wildman–Crippen MR) is 118 cm³/mol. The third-order valence-corrected chi connectivity index (χ3v) is 6.04. The van der Waals surface area contributed by atoms with Gasteiger partial charge in [-0.15, -0.1) is 0 Å². The van der Waals surface area contributed by atoms with Crippen LogP contribution < -0.4 is 15.0 Å². The molecule has 2 fully saturated rings. The number of rotatable bonds is 6. The average molecular weight is 388 g/mol. The summed E-state index contributed by atoms with van der Waals surface area (Å²) in [6.07, 6.45) is 3.71. The maximum absolute atomic E-state index is 5.25. The van der Waals surface area contributed by atoms with Gasteiger partial charge in [0.05, 0.1) is 7.11 Å². The Morgan fingerprint density at radius 3 is 2.36 bits per heavy atom. The van der Waals surface area contributed by atoms with Crippen LogP contribution in [0.3, 0.4) is 0 Å². The molecule has 0 aliphatic carbocycles. The summed E-state index contributed by atoms with van der Waals surface area (Å²) >= 11 is 0. The molecule has 0 amide bonds. The van der Waals surface area contributed by atoms with Crippen molar-refractivity contribution in [2.45, 2.75) is 26.2 Å². The summed E-state index contributed by atoms with van der Waals surface area (Å²) in [6, 6.07) is 8.41. The molecule has 0 bridgehead atoms. The molecule has 2 heterocycles. The van der Waals surface area contributed by atoms with Crippen LogP contribution >= 0.6 is 0 Å². The number of nitrogens with one attached hydrogen (secondary N) is 1. The highest BCUT2D eigenvalue weighted by atomic mass is 16.5. The van der Waals surface area contributed by atoms with E-state index in [0.717, 1.165) is 76.4 Å². The van der Waals surface area contributed by atoms with Gasteiger partial charge >= 0.3 is 0 Å². The Bertz CT molecular complexity index is 602. The first-order valence-corrected chi connectivity index (χ1v) is 10.8. The quantitative estimate of drug-likeness (QED) is 0.462. The van der Waals surface area contributed by atoms with Gasteiger partial charge in [-0.25, -0.2) is 0 Å². The van der Waals surface area contributed by atoms with E-state index in [1.165, 1.54) is 18.5 Å². The second-order valence-corrected chi connectivity index (χ2v) is 8.02. The van der Waals surface area contributed by atoms with Gasteiger partial charge < -0.3 is 19.9 Å². The van der Waals surface area contributed by atoms with Gasteiger partial charge in [0.15, 0.2) is 5.96 Å². The second kappa shape index (κ2) is 10.6. The minimum Gasteiger partial charge on any atom is -0.497 e. The lowest BCUT2D eigenvalue weighted by Gasteiger charge is -2.36. The third-order valence-electron chi connectivity index (χ3n) is 6.04. The van der Waals surface area contributed by atoms with Crippen LogP contribution in [0.1, 0.15) is 26.2 Å². The maximum atomic E-state index is 5.25. The molecule has 0 aromatic heterocycles.